The highest BCUT2D eigenvalue weighted by Gasteiger charge is 2.48. The highest BCUT2D eigenvalue weighted by Crippen LogP contribution is 2.32. The number of nitrogens with two attached hydrogens (primary N) is 1. The first-order valence-corrected chi connectivity index (χ1v) is 5.96. The molecule has 17 heavy (non-hydrogen) atoms. The van der Waals surface area contributed by atoms with Crippen molar-refractivity contribution in [3.63, 3.8) is 0 Å². The molecular weight excluding hydrogens is 231 g/mol. The van der Waals surface area contributed by atoms with Gasteiger partial charge in [0.2, 0.25) is 0 Å². The van der Waals surface area contributed by atoms with Crippen molar-refractivity contribution in [1.29, 1.82) is 0 Å². The van der Waals surface area contributed by atoms with E-state index in [2.05, 4.69) is 0 Å². The van der Waals surface area contributed by atoms with Gasteiger partial charge in [0.1, 0.15) is 6.04 Å². The Hall–Kier alpha value is -0.330. The first kappa shape index (κ1) is 14.7. The van der Waals surface area contributed by atoms with Gasteiger partial charge in [-0.1, -0.05) is 0 Å². The number of rotatable bonds is 4. The second kappa shape index (κ2) is 5.54. The molecule has 1 fully saturated rings. The molecule has 0 aromatic rings. The van der Waals surface area contributed by atoms with Gasteiger partial charge >= 0.3 is 6.18 Å². The van der Waals surface area contributed by atoms with E-state index in [1.165, 1.54) is 11.8 Å². The molecule has 1 aliphatic rings. The Bertz CT molecular complexity index is 241. The molecule has 0 amide bonds. The maximum atomic E-state index is 13.0. The van der Waals surface area contributed by atoms with E-state index in [0.717, 1.165) is 12.8 Å². The summed E-state index contributed by atoms with van der Waals surface area (Å²) in [5, 5.41) is 0. The molecule has 0 radical (unpaired) electrons. The third-order valence-electron chi connectivity index (χ3n) is 3.19. The fourth-order valence-corrected chi connectivity index (χ4v) is 2.63. The van der Waals surface area contributed by atoms with Gasteiger partial charge in [-0.2, -0.15) is 13.2 Å². The maximum absolute atomic E-state index is 13.0. The lowest BCUT2D eigenvalue weighted by Gasteiger charge is -2.37. The van der Waals surface area contributed by atoms with E-state index >= 15 is 0 Å². The van der Waals surface area contributed by atoms with Gasteiger partial charge in [0.05, 0.1) is 0 Å². The fourth-order valence-electron chi connectivity index (χ4n) is 2.63. The molecule has 0 bridgehead atoms. The molecule has 1 saturated heterocycles. The first-order valence-electron chi connectivity index (χ1n) is 5.96. The Balaban J connectivity index is 2.79. The number of nitrogens with zero attached hydrogens (tertiary/aromatic N) is 2. The average molecular weight is 253 g/mol. The van der Waals surface area contributed by atoms with Crippen molar-refractivity contribution >= 4 is 0 Å². The second-order valence-electron chi connectivity index (χ2n) is 5.14. The van der Waals surface area contributed by atoms with Crippen LogP contribution in [0.15, 0.2) is 0 Å². The average Bonchev–Trinajstić information content (AvgIpc) is 2.48. The summed E-state index contributed by atoms with van der Waals surface area (Å²) < 4.78 is 39.0. The predicted molar refractivity (Wildman–Crippen MR) is 61.8 cm³/mol. The smallest absolute Gasteiger partial charge is 0.326 e. The zero-order valence-corrected chi connectivity index (χ0v) is 10.7. The molecule has 2 N–H and O–H groups in total. The zero-order valence-electron chi connectivity index (χ0n) is 10.7. The number of hydrogen-bond donors (Lipinski definition) is 1. The summed E-state index contributed by atoms with van der Waals surface area (Å²) >= 11 is 0. The van der Waals surface area contributed by atoms with Gasteiger partial charge in [-0.3, -0.25) is 4.90 Å². The summed E-state index contributed by atoms with van der Waals surface area (Å²) in [6.45, 7) is 2.58. The molecule has 3 unspecified atom stereocenters. The van der Waals surface area contributed by atoms with Gasteiger partial charge in [-0.25, -0.2) is 0 Å². The van der Waals surface area contributed by atoms with E-state index in [9.17, 15) is 13.2 Å². The summed E-state index contributed by atoms with van der Waals surface area (Å²) in [7, 11) is 3.76. The van der Waals surface area contributed by atoms with Crippen LogP contribution in [0.1, 0.15) is 19.8 Å². The van der Waals surface area contributed by atoms with Crippen LogP contribution in [0.5, 0.6) is 0 Å². The van der Waals surface area contributed by atoms with Crippen LogP contribution >= 0.6 is 0 Å². The van der Waals surface area contributed by atoms with Crippen LogP contribution in [-0.2, 0) is 0 Å². The summed E-state index contributed by atoms with van der Waals surface area (Å²) in [5.41, 5.74) is 5.52. The van der Waals surface area contributed by atoms with Gasteiger partial charge in [0.15, 0.2) is 0 Å². The van der Waals surface area contributed by atoms with E-state index in [1.807, 2.05) is 19.0 Å². The maximum Gasteiger partial charge on any atom is 0.405 e. The summed E-state index contributed by atoms with van der Waals surface area (Å²) in [4.78, 5) is 3.46. The van der Waals surface area contributed by atoms with Crippen molar-refractivity contribution in [3.05, 3.63) is 0 Å². The van der Waals surface area contributed by atoms with Gasteiger partial charge in [0.25, 0.3) is 0 Å². The molecule has 0 aliphatic carbocycles. The van der Waals surface area contributed by atoms with Crippen molar-refractivity contribution < 1.29 is 13.2 Å². The van der Waals surface area contributed by atoms with Crippen LogP contribution in [0.3, 0.4) is 0 Å². The van der Waals surface area contributed by atoms with Crippen LogP contribution < -0.4 is 5.73 Å². The van der Waals surface area contributed by atoms with Crippen molar-refractivity contribution in [3.8, 4) is 0 Å². The van der Waals surface area contributed by atoms with Crippen molar-refractivity contribution in [2.45, 2.75) is 44.1 Å². The third kappa shape index (κ3) is 3.82. The fraction of sp³-hybridized carbons (Fsp3) is 1.00. The molecule has 1 aliphatic heterocycles. The predicted octanol–water partition coefficient (Wildman–Crippen LogP) is 1.29. The van der Waals surface area contributed by atoms with E-state index in [-0.39, 0.29) is 6.04 Å². The number of likely N-dealkylation sites (tertiary alicyclic amines) is 1. The summed E-state index contributed by atoms with van der Waals surface area (Å²) in [6, 6.07) is -2.45. The molecular formula is C11H22F3N3. The van der Waals surface area contributed by atoms with E-state index in [1.54, 1.807) is 0 Å². The van der Waals surface area contributed by atoms with Crippen LogP contribution in [0.4, 0.5) is 13.2 Å². The Morgan fingerprint density at radius 2 is 2.00 bits per heavy atom. The van der Waals surface area contributed by atoms with E-state index in [4.69, 9.17) is 5.73 Å². The minimum Gasteiger partial charge on any atom is -0.326 e. The first-order chi connectivity index (χ1) is 7.73. The lowest BCUT2D eigenvalue weighted by atomic mass is 10.1. The molecule has 6 heteroatoms. The van der Waals surface area contributed by atoms with Crippen molar-refractivity contribution in [2.24, 2.45) is 5.73 Å². The van der Waals surface area contributed by atoms with Crippen molar-refractivity contribution in [1.82, 2.24) is 9.80 Å². The molecule has 1 heterocycles. The normalized spacial score (nSPS) is 26.5. The molecule has 3 atom stereocenters. The molecule has 0 saturated carbocycles. The van der Waals surface area contributed by atoms with Gasteiger partial charge < -0.3 is 10.6 Å². The van der Waals surface area contributed by atoms with E-state index < -0.39 is 18.3 Å². The standard InChI is InChI=1S/C11H22F3N3/c1-8(15)10(11(12,13)14)17-6-4-5-9(17)7-16(2)3/h8-10H,4-7,15H2,1-3H3. The lowest BCUT2D eigenvalue weighted by molar-refractivity contribution is -0.190. The summed E-state index contributed by atoms with van der Waals surface area (Å²) in [6.07, 6.45) is -2.61. The molecule has 1 rings (SSSR count). The van der Waals surface area contributed by atoms with E-state index in [0.29, 0.717) is 13.1 Å². The lowest BCUT2D eigenvalue weighted by Crippen LogP contribution is -2.57. The van der Waals surface area contributed by atoms with Crippen LogP contribution in [0, 0.1) is 0 Å². The minimum absolute atomic E-state index is 0.0392. The molecule has 0 spiro atoms. The molecule has 0 aromatic heterocycles. The van der Waals surface area contributed by atoms with Gasteiger partial charge in [0, 0.05) is 18.6 Å². The van der Waals surface area contributed by atoms with Crippen LogP contribution in [0.2, 0.25) is 0 Å². The quantitative estimate of drug-likeness (QED) is 0.819. The van der Waals surface area contributed by atoms with Gasteiger partial charge in [-0.15, -0.1) is 0 Å². The Morgan fingerprint density at radius 3 is 2.41 bits per heavy atom. The SMILES string of the molecule is CC(N)C(N1CCCC1CN(C)C)C(F)(F)F. The number of likely N-dealkylation sites (N-methyl/N-ethyl adjacent to an activating group) is 1. The molecule has 102 valence electrons. The number of alkyl halides is 3. The minimum atomic E-state index is -4.25. The Morgan fingerprint density at radius 1 is 1.41 bits per heavy atom. The second-order valence-corrected chi connectivity index (χ2v) is 5.14. The van der Waals surface area contributed by atoms with Crippen LogP contribution in [-0.4, -0.2) is 61.3 Å². The Labute approximate surface area is 101 Å². The summed E-state index contributed by atoms with van der Waals surface area (Å²) in [5.74, 6) is 0. The number of hydrogen-bond acceptors (Lipinski definition) is 3. The largest absolute Gasteiger partial charge is 0.405 e. The Kier molecular flexibility index (Phi) is 4.80. The monoisotopic (exact) mass is 253 g/mol. The molecule has 0 aromatic carbocycles. The molecule has 3 nitrogen and oxygen atoms in total. The third-order valence-corrected chi connectivity index (χ3v) is 3.19. The zero-order chi connectivity index (χ0) is 13.2. The van der Waals surface area contributed by atoms with Crippen LogP contribution in [0.25, 0.3) is 0 Å². The van der Waals surface area contributed by atoms with Gasteiger partial charge in [-0.05, 0) is 40.4 Å². The topological polar surface area (TPSA) is 32.5 Å². The number of halogens is 3. The van der Waals surface area contributed by atoms with Crippen molar-refractivity contribution in [2.75, 3.05) is 27.2 Å². The highest BCUT2D eigenvalue weighted by molar-refractivity contribution is 4.93. The highest BCUT2D eigenvalue weighted by atomic mass is 19.4.